The number of carbonyl (C=O) groups excluding carboxylic acids is 1. The number of rotatable bonds is 4. The van der Waals surface area contributed by atoms with Crippen LogP contribution in [0.15, 0.2) is 30.3 Å². The van der Waals surface area contributed by atoms with Gasteiger partial charge in [0.15, 0.2) is 0 Å². The first-order valence-corrected chi connectivity index (χ1v) is 7.72. The molecular formula is C17H26N2O. The van der Waals surface area contributed by atoms with Crippen LogP contribution in [0.4, 0.5) is 0 Å². The van der Waals surface area contributed by atoms with Crippen molar-refractivity contribution in [1.29, 1.82) is 0 Å². The van der Waals surface area contributed by atoms with E-state index in [9.17, 15) is 4.79 Å². The van der Waals surface area contributed by atoms with Crippen LogP contribution in [0, 0.1) is 5.92 Å². The van der Waals surface area contributed by atoms with Gasteiger partial charge in [-0.05, 0) is 31.2 Å². The van der Waals surface area contributed by atoms with Crippen molar-refractivity contribution in [3.8, 4) is 0 Å². The van der Waals surface area contributed by atoms with Crippen LogP contribution < -0.4 is 5.73 Å². The van der Waals surface area contributed by atoms with E-state index in [-0.39, 0.29) is 17.9 Å². The van der Waals surface area contributed by atoms with Gasteiger partial charge in [-0.2, -0.15) is 0 Å². The molecule has 1 aliphatic heterocycles. The van der Waals surface area contributed by atoms with E-state index >= 15 is 0 Å². The highest BCUT2D eigenvalue weighted by atomic mass is 16.2. The fraction of sp³-hybridized carbons (Fsp3) is 0.588. The summed E-state index contributed by atoms with van der Waals surface area (Å²) in [4.78, 5) is 14.8. The minimum atomic E-state index is -0.0802. The van der Waals surface area contributed by atoms with E-state index in [0.717, 1.165) is 30.9 Å². The summed E-state index contributed by atoms with van der Waals surface area (Å²) in [7, 11) is 0. The number of amides is 1. The van der Waals surface area contributed by atoms with E-state index in [1.807, 2.05) is 42.2 Å². The normalized spacial score (nSPS) is 24.4. The minimum absolute atomic E-state index is 0.0802. The summed E-state index contributed by atoms with van der Waals surface area (Å²) in [6.45, 7) is 5.65. The standard InChI is InChI=1S/C17H26N2O/c1-3-14-9-10-19(16(11-14)12-18)17(20)13(2)15-7-5-4-6-8-15/h4-8,13-14,16H,3,9-12,18H2,1-2H3. The maximum absolute atomic E-state index is 12.7. The molecule has 1 amide bonds. The molecule has 0 aliphatic carbocycles. The molecule has 0 spiro atoms. The first-order valence-electron chi connectivity index (χ1n) is 7.72. The number of nitrogens with two attached hydrogens (primary N) is 1. The zero-order chi connectivity index (χ0) is 14.5. The van der Waals surface area contributed by atoms with Gasteiger partial charge in [-0.1, -0.05) is 43.7 Å². The Bertz CT molecular complexity index is 432. The first kappa shape index (κ1) is 15.0. The van der Waals surface area contributed by atoms with Gasteiger partial charge in [-0.25, -0.2) is 0 Å². The first-order chi connectivity index (χ1) is 9.67. The third-order valence-corrected chi connectivity index (χ3v) is 4.63. The molecule has 0 radical (unpaired) electrons. The van der Waals surface area contributed by atoms with Gasteiger partial charge in [0.25, 0.3) is 0 Å². The summed E-state index contributed by atoms with van der Waals surface area (Å²) in [6, 6.07) is 10.2. The highest BCUT2D eigenvalue weighted by Gasteiger charge is 2.32. The fourth-order valence-corrected chi connectivity index (χ4v) is 3.15. The molecule has 2 rings (SSSR count). The number of carbonyl (C=O) groups is 1. The fourth-order valence-electron chi connectivity index (χ4n) is 3.15. The molecule has 3 nitrogen and oxygen atoms in total. The monoisotopic (exact) mass is 274 g/mol. The molecule has 1 aromatic rings. The SMILES string of the molecule is CCC1CCN(C(=O)C(C)c2ccccc2)C(CN)C1. The predicted molar refractivity (Wildman–Crippen MR) is 82.4 cm³/mol. The molecule has 2 N–H and O–H groups in total. The van der Waals surface area contributed by atoms with Gasteiger partial charge in [0.2, 0.25) is 5.91 Å². The van der Waals surface area contributed by atoms with Gasteiger partial charge in [0.05, 0.1) is 5.92 Å². The molecule has 110 valence electrons. The summed E-state index contributed by atoms with van der Waals surface area (Å²) in [5, 5.41) is 0. The lowest BCUT2D eigenvalue weighted by Crippen LogP contribution is -2.50. The second-order valence-electron chi connectivity index (χ2n) is 5.85. The Morgan fingerprint density at radius 3 is 2.70 bits per heavy atom. The van der Waals surface area contributed by atoms with Gasteiger partial charge in [-0.3, -0.25) is 4.79 Å². The van der Waals surface area contributed by atoms with Crippen LogP contribution in [0.5, 0.6) is 0 Å². The largest absolute Gasteiger partial charge is 0.338 e. The molecule has 1 aliphatic rings. The van der Waals surface area contributed by atoms with Crippen LogP contribution in [0.1, 0.15) is 44.6 Å². The van der Waals surface area contributed by atoms with Gasteiger partial charge in [0, 0.05) is 19.1 Å². The summed E-state index contributed by atoms with van der Waals surface area (Å²) in [6.07, 6.45) is 3.35. The zero-order valence-electron chi connectivity index (χ0n) is 12.6. The van der Waals surface area contributed by atoms with Crippen LogP contribution in [0.25, 0.3) is 0 Å². The molecule has 0 saturated carbocycles. The van der Waals surface area contributed by atoms with Crippen molar-refractivity contribution >= 4 is 5.91 Å². The maximum atomic E-state index is 12.7. The lowest BCUT2D eigenvalue weighted by Gasteiger charge is -2.40. The van der Waals surface area contributed by atoms with E-state index in [0.29, 0.717) is 6.54 Å². The average Bonchev–Trinajstić information content (AvgIpc) is 2.53. The minimum Gasteiger partial charge on any atom is -0.338 e. The average molecular weight is 274 g/mol. The predicted octanol–water partition coefficient (Wildman–Crippen LogP) is 2.77. The molecular weight excluding hydrogens is 248 g/mol. The molecule has 1 fully saturated rings. The Balaban J connectivity index is 2.08. The number of piperidine rings is 1. The van der Waals surface area contributed by atoms with Crippen molar-refractivity contribution in [2.24, 2.45) is 11.7 Å². The Morgan fingerprint density at radius 1 is 1.40 bits per heavy atom. The summed E-state index contributed by atoms with van der Waals surface area (Å²) in [5.41, 5.74) is 6.98. The van der Waals surface area contributed by atoms with E-state index in [1.54, 1.807) is 0 Å². The van der Waals surface area contributed by atoms with E-state index in [4.69, 9.17) is 5.73 Å². The molecule has 1 saturated heterocycles. The van der Waals surface area contributed by atoms with Gasteiger partial charge >= 0.3 is 0 Å². The zero-order valence-corrected chi connectivity index (χ0v) is 12.6. The second-order valence-corrected chi connectivity index (χ2v) is 5.85. The summed E-state index contributed by atoms with van der Waals surface area (Å²) < 4.78 is 0. The molecule has 3 heteroatoms. The number of benzene rings is 1. The molecule has 20 heavy (non-hydrogen) atoms. The third kappa shape index (κ3) is 3.21. The number of hydrogen-bond donors (Lipinski definition) is 1. The lowest BCUT2D eigenvalue weighted by molar-refractivity contribution is -0.136. The van der Waals surface area contributed by atoms with Gasteiger partial charge in [-0.15, -0.1) is 0 Å². The van der Waals surface area contributed by atoms with Crippen molar-refractivity contribution < 1.29 is 4.79 Å². The molecule has 1 heterocycles. The Kier molecular flexibility index (Phi) is 5.18. The Labute approximate surface area is 122 Å². The summed E-state index contributed by atoms with van der Waals surface area (Å²) in [5.74, 6) is 0.865. The Morgan fingerprint density at radius 2 is 2.10 bits per heavy atom. The van der Waals surface area contributed by atoms with Gasteiger partial charge < -0.3 is 10.6 Å². The highest BCUT2D eigenvalue weighted by Crippen LogP contribution is 2.28. The van der Waals surface area contributed by atoms with E-state index < -0.39 is 0 Å². The Hall–Kier alpha value is -1.35. The van der Waals surface area contributed by atoms with Crippen molar-refractivity contribution in [1.82, 2.24) is 4.90 Å². The van der Waals surface area contributed by atoms with Crippen molar-refractivity contribution in [3.63, 3.8) is 0 Å². The molecule has 3 unspecified atom stereocenters. The van der Waals surface area contributed by atoms with E-state index in [1.165, 1.54) is 6.42 Å². The quantitative estimate of drug-likeness (QED) is 0.917. The van der Waals surface area contributed by atoms with Crippen molar-refractivity contribution in [3.05, 3.63) is 35.9 Å². The van der Waals surface area contributed by atoms with Crippen LogP contribution in [-0.4, -0.2) is 29.9 Å². The molecule has 0 aromatic heterocycles. The number of hydrogen-bond acceptors (Lipinski definition) is 2. The van der Waals surface area contributed by atoms with Crippen molar-refractivity contribution in [2.75, 3.05) is 13.1 Å². The lowest BCUT2D eigenvalue weighted by atomic mass is 9.87. The topological polar surface area (TPSA) is 46.3 Å². The van der Waals surface area contributed by atoms with Crippen molar-refractivity contribution in [2.45, 2.75) is 45.1 Å². The molecule has 0 bridgehead atoms. The van der Waals surface area contributed by atoms with E-state index in [2.05, 4.69) is 6.92 Å². The number of nitrogens with zero attached hydrogens (tertiary/aromatic N) is 1. The van der Waals surface area contributed by atoms with Gasteiger partial charge in [0.1, 0.15) is 0 Å². The van der Waals surface area contributed by atoms with Crippen LogP contribution in [0.3, 0.4) is 0 Å². The van der Waals surface area contributed by atoms with Crippen LogP contribution in [-0.2, 0) is 4.79 Å². The third-order valence-electron chi connectivity index (χ3n) is 4.63. The summed E-state index contributed by atoms with van der Waals surface area (Å²) >= 11 is 0. The molecule has 1 aromatic carbocycles. The smallest absolute Gasteiger partial charge is 0.230 e. The highest BCUT2D eigenvalue weighted by molar-refractivity contribution is 5.83. The van der Waals surface area contributed by atoms with Crippen LogP contribution >= 0.6 is 0 Å². The second kappa shape index (κ2) is 6.89. The number of likely N-dealkylation sites (tertiary alicyclic amines) is 1. The maximum Gasteiger partial charge on any atom is 0.230 e. The molecule has 3 atom stereocenters. The van der Waals surface area contributed by atoms with Crippen LogP contribution in [0.2, 0.25) is 0 Å².